The molecule has 2 heterocycles. The van der Waals surface area contributed by atoms with Crippen molar-refractivity contribution in [1.82, 2.24) is 20.0 Å². The average Bonchev–Trinajstić information content (AvgIpc) is 3.03. The highest BCUT2D eigenvalue weighted by Gasteiger charge is 2.35. The topological polar surface area (TPSA) is 93.2 Å². The maximum Gasteiger partial charge on any atom is 0.274 e. The van der Waals surface area contributed by atoms with Crippen LogP contribution in [0.25, 0.3) is 0 Å². The SMILES string of the molecule is CCn1ncc(N)c1C(=O)N1CCCC1C(=O)NC. The van der Waals surface area contributed by atoms with Gasteiger partial charge in [-0.1, -0.05) is 0 Å². The van der Waals surface area contributed by atoms with Gasteiger partial charge in [0.2, 0.25) is 5.91 Å². The second-order valence-electron chi connectivity index (χ2n) is 4.54. The zero-order valence-electron chi connectivity index (χ0n) is 11.2. The van der Waals surface area contributed by atoms with Crippen LogP contribution in [0.15, 0.2) is 6.20 Å². The van der Waals surface area contributed by atoms with Gasteiger partial charge in [-0.15, -0.1) is 0 Å². The molecule has 3 N–H and O–H groups in total. The summed E-state index contributed by atoms with van der Waals surface area (Å²) >= 11 is 0. The van der Waals surface area contributed by atoms with Crippen molar-refractivity contribution in [2.24, 2.45) is 0 Å². The smallest absolute Gasteiger partial charge is 0.274 e. The number of hydrogen-bond acceptors (Lipinski definition) is 4. The zero-order valence-corrected chi connectivity index (χ0v) is 11.2. The molecule has 0 aromatic carbocycles. The van der Waals surface area contributed by atoms with Crippen LogP contribution in [0.1, 0.15) is 30.3 Å². The van der Waals surface area contributed by atoms with E-state index in [9.17, 15) is 9.59 Å². The van der Waals surface area contributed by atoms with Gasteiger partial charge in [0.25, 0.3) is 5.91 Å². The highest BCUT2D eigenvalue weighted by atomic mass is 16.2. The van der Waals surface area contributed by atoms with Gasteiger partial charge in [0.1, 0.15) is 11.7 Å². The molecular formula is C12H19N5O2. The lowest BCUT2D eigenvalue weighted by Gasteiger charge is -2.23. The largest absolute Gasteiger partial charge is 0.396 e. The molecule has 7 nitrogen and oxygen atoms in total. The maximum absolute atomic E-state index is 12.5. The van der Waals surface area contributed by atoms with Crippen molar-refractivity contribution in [3.63, 3.8) is 0 Å². The molecule has 1 unspecified atom stereocenters. The van der Waals surface area contributed by atoms with Crippen LogP contribution in [0.3, 0.4) is 0 Å². The van der Waals surface area contributed by atoms with Gasteiger partial charge in [-0.05, 0) is 19.8 Å². The van der Waals surface area contributed by atoms with E-state index in [1.807, 2.05) is 6.92 Å². The summed E-state index contributed by atoms with van der Waals surface area (Å²) in [6, 6.07) is -0.405. The molecular weight excluding hydrogens is 246 g/mol. The van der Waals surface area contributed by atoms with E-state index in [2.05, 4.69) is 10.4 Å². The van der Waals surface area contributed by atoms with E-state index in [0.29, 0.717) is 30.9 Å². The number of nitrogens with two attached hydrogens (primary N) is 1. The van der Waals surface area contributed by atoms with Crippen molar-refractivity contribution in [2.75, 3.05) is 19.3 Å². The van der Waals surface area contributed by atoms with E-state index in [1.165, 1.54) is 6.20 Å². The number of nitrogen functional groups attached to an aromatic ring is 1. The highest BCUT2D eigenvalue weighted by Crippen LogP contribution is 2.22. The van der Waals surface area contributed by atoms with Crippen molar-refractivity contribution in [2.45, 2.75) is 32.4 Å². The maximum atomic E-state index is 12.5. The first-order valence-electron chi connectivity index (χ1n) is 6.44. The quantitative estimate of drug-likeness (QED) is 0.794. The minimum absolute atomic E-state index is 0.132. The fourth-order valence-corrected chi connectivity index (χ4v) is 2.46. The number of hydrogen-bond donors (Lipinski definition) is 2. The summed E-state index contributed by atoms with van der Waals surface area (Å²) in [5.74, 6) is -0.352. The van der Waals surface area contributed by atoms with E-state index in [1.54, 1.807) is 16.6 Å². The third-order valence-electron chi connectivity index (χ3n) is 3.43. The van der Waals surface area contributed by atoms with Gasteiger partial charge in [0.15, 0.2) is 0 Å². The van der Waals surface area contributed by atoms with Crippen LogP contribution in [0.2, 0.25) is 0 Å². The fourth-order valence-electron chi connectivity index (χ4n) is 2.46. The number of amides is 2. The lowest BCUT2D eigenvalue weighted by molar-refractivity contribution is -0.124. The Bertz CT molecular complexity index is 496. The summed E-state index contributed by atoms with van der Waals surface area (Å²) < 4.78 is 1.57. The minimum atomic E-state index is -0.405. The number of carbonyl (C=O) groups excluding carboxylic acids is 2. The molecule has 1 fully saturated rings. The van der Waals surface area contributed by atoms with Crippen molar-refractivity contribution in [3.8, 4) is 0 Å². The summed E-state index contributed by atoms with van der Waals surface area (Å²) in [4.78, 5) is 25.9. The predicted molar refractivity (Wildman–Crippen MR) is 70.4 cm³/mol. The van der Waals surface area contributed by atoms with Gasteiger partial charge in [-0.2, -0.15) is 5.10 Å². The number of aryl methyl sites for hydroxylation is 1. The molecule has 0 spiro atoms. The van der Waals surface area contributed by atoms with Crippen molar-refractivity contribution < 1.29 is 9.59 Å². The predicted octanol–water partition coefficient (Wildman–Crippen LogP) is -0.164. The standard InChI is InChI=1S/C12H19N5O2/c1-3-17-10(8(13)7-15-17)12(19)16-6-4-5-9(16)11(18)14-2/h7,9H,3-6,13H2,1-2H3,(H,14,18). The second-order valence-corrected chi connectivity index (χ2v) is 4.54. The Labute approximate surface area is 111 Å². The number of rotatable bonds is 3. The molecule has 2 rings (SSSR count). The Morgan fingerprint density at radius 3 is 2.95 bits per heavy atom. The Hall–Kier alpha value is -2.05. The molecule has 104 valence electrons. The monoisotopic (exact) mass is 265 g/mol. The summed E-state index contributed by atoms with van der Waals surface area (Å²) in [6.07, 6.45) is 2.98. The molecule has 1 aromatic heterocycles. The Balaban J connectivity index is 2.28. The van der Waals surface area contributed by atoms with Gasteiger partial charge < -0.3 is 16.0 Å². The number of likely N-dealkylation sites (N-methyl/N-ethyl adjacent to an activating group) is 1. The first kappa shape index (κ1) is 13.4. The summed E-state index contributed by atoms with van der Waals surface area (Å²) in [5, 5.41) is 6.65. The molecule has 1 aromatic rings. The molecule has 1 aliphatic heterocycles. The van der Waals surface area contributed by atoms with Crippen LogP contribution in [0.4, 0.5) is 5.69 Å². The molecule has 0 bridgehead atoms. The molecule has 1 atom stereocenters. The van der Waals surface area contributed by atoms with Crippen molar-refractivity contribution >= 4 is 17.5 Å². The Morgan fingerprint density at radius 2 is 2.32 bits per heavy atom. The van der Waals surface area contributed by atoms with Crippen molar-refractivity contribution in [1.29, 1.82) is 0 Å². The third-order valence-corrected chi connectivity index (χ3v) is 3.43. The number of nitrogens with zero attached hydrogens (tertiary/aromatic N) is 3. The van der Waals surface area contributed by atoms with E-state index in [4.69, 9.17) is 5.73 Å². The molecule has 0 radical (unpaired) electrons. The second kappa shape index (κ2) is 5.29. The van der Waals surface area contributed by atoms with Crippen LogP contribution in [0.5, 0.6) is 0 Å². The lowest BCUT2D eigenvalue weighted by atomic mass is 10.2. The number of anilines is 1. The van der Waals surface area contributed by atoms with Gasteiger partial charge in [-0.3, -0.25) is 14.3 Å². The molecule has 1 aliphatic rings. The molecule has 0 saturated carbocycles. The third kappa shape index (κ3) is 2.27. The van der Waals surface area contributed by atoms with Crippen LogP contribution >= 0.6 is 0 Å². The number of carbonyl (C=O) groups is 2. The molecule has 19 heavy (non-hydrogen) atoms. The zero-order chi connectivity index (χ0) is 14.0. The first-order chi connectivity index (χ1) is 9.10. The van der Waals surface area contributed by atoms with E-state index >= 15 is 0 Å². The van der Waals surface area contributed by atoms with E-state index in [-0.39, 0.29) is 11.8 Å². The van der Waals surface area contributed by atoms with E-state index < -0.39 is 6.04 Å². The molecule has 0 aliphatic carbocycles. The number of likely N-dealkylation sites (tertiary alicyclic amines) is 1. The van der Waals surface area contributed by atoms with Crippen LogP contribution < -0.4 is 11.1 Å². The van der Waals surface area contributed by atoms with E-state index in [0.717, 1.165) is 6.42 Å². The number of aromatic nitrogens is 2. The van der Waals surface area contributed by atoms with Gasteiger partial charge >= 0.3 is 0 Å². The average molecular weight is 265 g/mol. The fraction of sp³-hybridized carbons (Fsp3) is 0.583. The van der Waals surface area contributed by atoms with Gasteiger partial charge in [0.05, 0.1) is 11.9 Å². The van der Waals surface area contributed by atoms with Crippen LogP contribution in [0, 0.1) is 0 Å². The molecule has 1 saturated heterocycles. The Morgan fingerprint density at radius 1 is 1.58 bits per heavy atom. The van der Waals surface area contributed by atoms with Crippen LogP contribution in [-0.2, 0) is 11.3 Å². The molecule has 7 heteroatoms. The summed E-state index contributed by atoms with van der Waals surface area (Å²) in [7, 11) is 1.58. The van der Waals surface area contributed by atoms with Crippen LogP contribution in [-0.4, -0.2) is 46.1 Å². The molecule has 2 amide bonds. The summed E-state index contributed by atoms with van der Waals surface area (Å²) in [5.41, 5.74) is 6.54. The minimum Gasteiger partial charge on any atom is -0.396 e. The van der Waals surface area contributed by atoms with Gasteiger partial charge in [0, 0.05) is 20.1 Å². The normalized spacial score (nSPS) is 18.6. The van der Waals surface area contributed by atoms with Gasteiger partial charge in [-0.25, -0.2) is 0 Å². The highest BCUT2D eigenvalue weighted by molar-refractivity contribution is 6.00. The number of nitrogens with one attached hydrogen (secondary N) is 1. The Kier molecular flexibility index (Phi) is 3.73. The van der Waals surface area contributed by atoms with Crippen molar-refractivity contribution in [3.05, 3.63) is 11.9 Å². The lowest BCUT2D eigenvalue weighted by Crippen LogP contribution is -2.45. The summed E-state index contributed by atoms with van der Waals surface area (Å²) in [6.45, 7) is 3.03. The first-order valence-corrected chi connectivity index (χ1v) is 6.44.